The Morgan fingerprint density at radius 2 is 1.71 bits per heavy atom. The van der Waals surface area contributed by atoms with Gasteiger partial charge in [0.15, 0.2) is 0 Å². The molecule has 180 valence electrons. The molecule has 3 aromatic rings. The average Bonchev–Trinajstić information content (AvgIpc) is 2.95. The lowest BCUT2D eigenvalue weighted by atomic mass is 9.90. The Hall–Kier alpha value is -3.35. The predicted molar refractivity (Wildman–Crippen MR) is 139 cm³/mol. The van der Waals surface area contributed by atoms with Crippen molar-refractivity contribution in [2.24, 2.45) is 5.73 Å². The molecule has 2 unspecified atom stereocenters. The van der Waals surface area contributed by atoms with E-state index in [2.05, 4.69) is 5.32 Å². The summed E-state index contributed by atoms with van der Waals surface area (Å²) in [6, 6.07) is 18.8. The van der Waals surface area contributed by atoms with Crippen molar-refractivity contribution in [1.29, 1.82) is 0 Å². The fraction of sp³-hybridized carbons (Fsp3) is 0.222. The van der Waals surface area contributed by atoms with Crippen LogP contribution in [0.5, 0.6) is 0 Å². The summed E-state index contributed by atoms with van der Waals surface area (Å²) in [4.78, 5) is 39.6. The number of nitrogens with one attached hydrogen (secondary N) is 1. The van der Waals surface area contributed by atoms with Gasteiger partial charge in [0, 0.05) is 34.4 Å². The van der Waals surface area contributed by atoms with Crippen LogP contribution < -0.4 is 16.0 Å². The molecule has 0 spiro atoms. The molecule has 0 bridgehead atoms. The second-order valence-corrected chi connectivity index (χ2v) is 9.53. The molecule has 0 aliphatic carbocycles. The summed E-state index contributed by atoms with van der Waals surface area (Å²) in [6.07, 6.45) is 1.62. The Balaban J connectivity index is 1.60. The van der Waals surface area contributed by atoms with Gasteiger partial charge in [0.2, 0.25) is 5.91 Å². The molecule has 3 amide bonds. The van der Waals surface area contributed by atoms with Gasteiger partial charge in [0.25, 0.3) is 11.8 Å². The first-order valence-corrected chi connectivity index (χ1v) is 12.1. The van der Waals surface area contributed by atoms with Crippen molar-refractivity contribution < 1.29 is 14.4 Å². The lowest BCUT2D eigenvalue weighted by Gasteiger charge is -2.29. The molecule has 4 rings (SSSR count). The maximum absolute atomic E-state index is 13.6. The Labute approximate surface area is 214 Å². The highest BCUT2D eigenvalue weighted by atomic mass is 35.5. The Morgan fingerprint density at radius 1 is 1.00 bits per heavy atom. The van der Waals surface area contributed by atoms with Gasteiger partial charge in [-0.1, -0.05) is 35.3 Å². The molecule has 3 N–H and O–H groups in total. The summed E-state index contributed by atoms with van der Waals surface area (Å²) in [5, 5.41) is 3.70. The number of fused-ring (bicyclic) bond motifs is 1. The molecule has 2 atom stereocenters. The number of hydrogen-bond donors (Lipinski definition) is 2. The number of hydrogen-bond acceptors (Lipinski definition) is 3. The van der Waals surface area contributed by atoms with E-state index >= 15 is 0 Å². The van der Waals surface area contributed by atoms with Crippen molar-refractivity contribution in [1.82, 2.24) is 0 Å². The largest absolute Gasteiger partial charge is 0.370 e. The van der Waals surface area contributed by atoms with Gasteiger partial charge < -0.3 is 16.0 Å². The molecular formula is C27H25Cl2N3O3. The molecule has 1 aliphatic rings. The number of carbonyl (C=O) groups excluding carboxylic acids is 3. The summed E-state index contributed by atoms with van der Waals surface area (Å²) in [7, 11) is 0. The van der Waals surface area contributed by atoms with Crippen LogP contribution in [0.3, 0.4) is 0 Å². The van der Waals surface area contributed by atoms with E-state index in [1.54, 1.807) is 59.5 Å². The second-order valence-electron chi connectivity index (χ2n) is 8.68. The molecule has 0 saturated heterocycles. The molecule has 35 heavy (non-hydrogen) atoms. The van der Waals surface area contributed by atoms with Crippen LogP contribution in [0.15, 0.2) is 66.7 Å². The van der Waals surface area contributed by atoms with Crippen LogP contribution in [0.25, 0.3) is 0 Å². The van der Waals surface area contributed by atoms with E-state index in [1.165, 1.54) is 0 Å². The first kappa shape index (κ1) is 24.8. The minimum absolute atomic E-state index is 0.0973. The highest BCUT2D eigenvalue weighted by Crippen LogP contribution is 2.40. The minimum Gasteiger partial charge on any atom is -0.370 e. The van der Waals surface area contributed by atoms with Crippen LogP contribution in [-0.2, 0) is 4.79 Å². The van der Waals surface area contributed by atoms with Crippen LogP contribution >= 0.6 is 23.2 Å². The molecule has 1 heterocycles. The van der Waals surface area contributed by atoms with Crippen molar-refractivity contribution in [3.63, 3.8) is 0 Å². The van der Waals surface area contributed by atoms with E-state index in [9.17, 15) is 14.4 Å². The van der Waals surface area contributed by atoms with Gasteiger partial charge in [0.05, 0.1) is 10.6 Å². The van der Waals surface area contributed by atoms with Crippen molar-refractivity contribution in [3.05, 3.63) is 93.5 Å². The summed E-state index contributed by atoms with van der Waals surface area (Å²) < 4.78 is 0. The van der Waals surface area contributed by atoms with Crippen LogP contribution in [0.2, 0.25) is 10.0 Å². The number of benzene rings is 3. The number of rotatable bonds is 5. The van der Waals surface area contributed by atoms with Crippen molar-refractivity contribution in [2.45, 2.75) is 38.1 Å². The maximum Gasteiger partial charge on any atom is 0.258 e. The number of nitrogens with zero attached hydrogens (tertiary/aromatic N) is 1. The smallest absolute Gasteiger partial charge is 0.258 e. The summed E-state index contributed by atoms with van der Waals surface area (Å²) in [5.41, 5.74) is 8.46. The quantitative estimate of drug-likeness (QED) is 0.439. The average molecular weight is 510 g/mol. The van der Waals surface area contributed by atoms with Gasteiger partial charge in [-0.25, -0.2) is 0 Å². The molecular weight excluding hydrogens is 485 g/mol. The second kappa shape index (κ2) is 10.5. The summed E-state index contributed by atoms with van der Waals surface area (Å²) in [6.45, 7) is 1.99. The van der Waals surface area contributed by atoms with Crippen LogP contribution in [0.4, 0.5) is 11.4 Å². The fourth-order valence-corrected chi connectivity index (χ4v) is 4.88. The molecule has 6 nitrogen and oxygen atoms in total. The summed E-state index contributed by atoms with van der Waals surface area (Å²) >= 11 is 12.4. The molecule has 0 fully saturated rings. The molecule has 8 heteroatoms. The van der Waals surface area contributed by atoms with E-state index < -0.39 is 0 Å². The van der Waals surface area contributed by atoms with Crippen LogP contribution in [0, 0.1) is 0 Å². The van der Waals surface area contributed by atoms with E-state index in [0.29, 0.717) is 39.7 Å². The normalized spacial score (nSPS) is 17.3. The van der Waals surface area contributed by atoms with Crippen LogP contribution in [0.1, 0.15) is 58.4 Å². The van der Waals surface area contributed by atoms with Crippen molar-refractivity contribution >= 4 is 52.3 Å². The number of anilines is 2. The van der Waals surface area contributed by atoms with Gasteiger partial charge in [-0.3, -0.25) is 14.4 Å². The molecule has 3 aromatic carbocycles. The monoisotopic (exact) mass is 509 g/mol. The zero-order valence-electron chi connectivity index (χ0n) is 19.1. The number of nitrogens with two attached hydrogens (primary N) is 1. The van der Waals surface area contributed by atoms with E-state index in [4.69, 9.17) is 28.9 Å². The first-order chi connectivity index (χ1) is 16.7. The van der Waals surface area contributed by atoms with Crippen molar-refractivity contribution in [3.8, 4) is 0 Å². The Kier molecular flexibility index (Phi) is 7.43. The maximum atomic E-state index is 13.6. The van der Waals surface area contributed by atoms with Gasteiger partial charge in [-0.2, -0.15) is 0 Å². The number of amides is 3. The number of primary amides is 1. The van der Waals surface area contributed by atoms with E-state index in [-0.39, 0.29) is 36.1 Å². The third kappa shape index (κ3) is 5.50. The van der Waals surface area contributed by atoms with Gasteiger partial charge in [0.1, 0.15) is 0 Å². The van der Waals surface area contributed by atoms with E-state index in [0.717, 1.165) is 11.3 Å². The standard InChI is InChI=1S/C27H25Cl2N3O3/c1-16-6-7-18(14-25(30)33)22-15-19(28)10-13-24(22)32(16)27(35)17-8-11-20(12-9-17)31-26(34)21-4-2-3-5-23(21)29/h2-5,8-13,15-16,18H,6-7,14H2,1H3,(H2,30,33)(H,31,34). The topological polar surface area (TPSA) is 92.5 Å². The number of halogens is 2. The van der Waals surface area contributed by atoms with Gasteiger partial charge >= 0.3 is 0 Å². The fourth-order valence-electron chi connectivity index (χ4n) is 4.48. The molecule has 0 aromatic heterocycles. The third-order valence-corrected chi connectivity index (χ3v) is 6.80. The Bertz CT molecular complexity index is 1280. The van der Waals surface area contributed by atoms with Crippen molar-refractivity contribution in [2.75, 3.05) is 10.2 Å². The van der Waals surface area contributed by atoms with Gasteiger partial charge in [-0.05, 0) is 85.8 Å². The SMILES string of the molecule is CC1CCC(CC(N)=O)c2cc(Cl)ccc2N1C(=O)c1ccc(NC(=O)c2ccccc2Cl)cc1. The zero-order chi connectivity index (χ0) is 25.1. The zero-order valence-corrected chi connectivity index (χ0v) is 20.6. The van der Waals surface area contributed by atoms with Gasteiger partial charge in [-0.15, -0.1) is 0 Å². The highest BCUT2D eigenvalue weighted by molar-refractivity contribution is 6.34. The summed E-state index contributed by atoms with van der Waals surface area (Å²) in [5.74, 6) is -1.00. The Morgan fingerprint density at radius 3 is 2.40 bits per heavy atom. The van der Waals surface area contributed by atoms with Crippen LogP contribution in [-0.4, -0.2) is 23.8 Å². The minimum atomic E-state index is -0.386. The molecule has 1 aliphatic heterocycles. The molecule has 0 saturated carbocycles. The number of carbonyl (C=O) groups is 3. The van der Waals surface area contributed by atoms with E-state index in [1.807, 2.05) is 19.1 Å². The highest BCUT2D eigenvalue weighted by Gasteiger charge is 2.32. The third-order valence-electron chi connectivity index (χ3n) is 6.24. The predicted octanol–water partition coefficient (Wildman–Crippen LogP) is 6.03. The lowest BCUT2D eigenvalue weighted by Crippen LogP contribution is -2.38. The first-order valence-electron chi connectivity index (χ1n) is 11.3. The lowest BCUT2D eigenvalue weighted by molar-refractivity contribution is -0.118. The molecule has 0 radical (unpaired) electrons.